The van der Waals surface area contributed by atoms with E-state index in [1.54, 1.807) is 20.8 Å². The molecule has 1 aliphatic heterocycles. The minimum absolute atomic E-state index is 0.340. The Balaban J connectivity index is 2.92. The lowest BCUT2D eigenvalue weighted by molar-refractivity contribution is -0.150. The van der Waals surface area contributed by atoms with Crippen LogP contribution in [0.2, 0.25) is 0 Å². The fraction of sp³-hybridized carbons (Fsp3) is 0.500. The molecule has 0 aromatic carbocycles. The highest BCUT2D eigenvalue weighted by atomic mass is 16.2. The normalized spacial score (nSPS) is 16.6. The van der Waals surface area contributed by atoms with Crippen LogP contribution < -0.4 is 0 Å². The molecule has 0 atom stereocenters. The molecule has 0 radical (unpaired) electrons. The molecule has 0 spiro atoms. The molecule has 3 amide bonds. The third-order valence-electron chi connectivity index (χ3n) is 2.09. The molecular formula is C10H13NO3. The monoisotopic (exact) mass is 195 g/mol. The van der Waals surface area contributed by atoms with Crippen LogP contribution >= 0.6 is 0 Å². The first kappa shape index (κ1) is 10.6. The minimum atomic E-state index is -0.509. The van der Waals surface area contributed by atoms with Crippen LogP contribution in [-0.4, -0.2) is 22.6 Å². The topological polar surface area (TPSA) is 54.5 Å². The van der Waals surface area contributed by atoms with Crippen molar-refractivity contribution in [1.29, 1.82) is 0 Å². The summed E-state index contributed by atoms with van der Waals surface area (Å²) in [4.78, 5) is 35.0. The van der Waals surface area contributed by atoms with E-state index in [1.807, 2.05) is 0 Å². The smallest absolute Gasteiger partial charge is 0.263 e. The third-order valence-corrected chi connectivity index (χ3v) is 2.09. The Morgan fingerprint density at radius 2 is 2.00 bits per heavy atom. The largest absolute Gasteiger partial charge is 0.274 e. The standard InChI is InChI=1S/C10H13NO3/c1-4-7-5-8(12)11(10(7)14)9(13)6(2)3/h5-6H,4H2,1-3H3. The average molecular weight is 195 g/mol. The van der Waals surface area contributed by atoms with Crippen LogP contribution in [-0.2, 0) is 14.4 Å². The summed E-state index contributed by atoms with van der Waals surface area (Å²) in [5.74, 6) is -1.74. The zero-order valence-corrected chi connectivity index (χ0v) is 8.53. The molecule has 0 saturated heterocycles. The van der Waals surface area contributed by atoms with Gasteiger partial charge in [0.25, 0.3) is 11.8 Å². The third kappa shape index (κ3) is 1.60. The van der Waals surface area contributed by atoms with Gasteiger partial charge >= 0.3 is 0 Å². The van der Waals surface area contributed by atoms with E-state index in [1.165, 1.54) is 6.08 Å². The van der Waals surface area contributed by atoms with Crippen LogP contribution in [0, 0.1) is 5.92 Å². The van der Waals surface area contributed by atoms with Gasteiger partial charge in [-0.3, -0.25) is 14.4 Å². The van der Waals surface area contributed by atoms with E-state index < -0.39 is 17.7 Å². The second-order valence-electron chi connectivity index (χ2n) is 3.49. The lowest BCUT2D eigenvalue weighted by Gasteiger charge is -2.14. The molecule has 0 bridgehead atoms. The minimum Gasteiger partial charge on any atom is -0.274 e. The van der Waals surface area contributed by atoms with Crippen molar-refractivity contribution in [2.45, 2.75) is 27.2 Å². The number of hydrogen-bond donors (Lipinski definition) is 0. The molecule has 0 aromatic rings. The molecule has 4 nitrogen and oxygen atoms in total. The van der Waals surface area contributed by atoms with E-state index >= 15 is 0 Å². The fourth-order valence-corrected chi connectivity index (χ4v) is 1.24. The van der Waals surface area contributed by atoms with Gasteiger partial charge in [0.15, 0.2) is 0 Å². The summed E-state index contributed by atoms with van der Waals surface area (Å²) in [6.45, 7) is 5.10. The zero-order valence-electron chi connectivity index (χ0n) is 8.53. The van der Waals surface area contributed by atoms with E-state index in [-0.39, 0.29) is 5.92 Å². The summed E-state index contributed by atoms with van der Waals surface area (Å²) >= 11 is 0. The molecule has 0 saturated carbocycles. The molecule has 0 aromatic heterocycles. The first-order chi connectivity index (χ1) is 6.49. The molecule has 4 heteroatoms. The van der Waals surface area contributed by atoms with Gasteiger partial charge in [0, 0.05) is 17.6 Å². The number of rotatable bonds is 2. The van der Waals surface area contributed by atoms with Gasteiger partial charge in [-0.05, 0) is 6.42 Å². The summed E-state index contributed by atoms with van der Waals surface area (Å²) in [6.07, 6.45) is 1.72. The van der Waals surface area contributed by atoms with E-state index in [4.69, 9.17) is 0 Å². The molecular weight excluding hydrogens is 182 g/mol. The van der Waals surface area contributed by atoms with Crippen LogP contribution in [0.25, 0.3) is 0 Å². The average Bonchev–Trinajstić information content (AvgIpc) is 2.40. The van der Waals surface area contributed by atoms with Crippen molar-refractivity contribution < 1.29 is 14.4 Å². The summed E-state index contributed by atoms with van der Waals surface area (Å²) in [6, 6.07) is 0. The second-order valence-corrected chi connectivity index (χ2v) is 3.49. The van der Waals surface area contributed by atoms with Gasteiger partial charge in [0.1, 0.15) is 0 Å². The van der Waals surface area contributed by atoms with Gasteiger partial charge in [0.2, 0.25) is 5.91 Å². The fourth-order valence-electron chi connectivity index (χ4n) is 1.24. The van der Waals surface area contributed by atoms with Crippen LogP contribution in [0.1, 0.15) is 27.2 Å². The van der Waals surface area contributed by atoms with Gasteiger partial charge in [-0.2, -0.15) is 0 Å². The maximum absolute atomic E-state index is 11.5. The molecule has 0 N–H and O–H groups in total. The number of carbonyl (C=O) groups is 3. The molecule has 0 unspecified atom stereocenters. The summed E-state index contributed by atoms with van der Waals surface area (Å²) in [7, 11) is 0. The van der Waals surface area contributed by atoms with Crippen LogP contribution in [0.4, 0.5) is 0 Å². The Morgan fingerprint density at radius 3 is 2.36 bits per heavy atom. The van der Waals surface area contributed by atoms with Gasteiger partial charge in [-0.25, -0.2) is 4.90 Å². The Hall–Kier alpha value is -1.45. The summed E-state index contributed by atoms with van der Waals surface area (Å²) in [5.41, 5.74) is 0.406. The molecule has 0 fully saturated rings. The second kappa shape index (κ2) is 3.74. The van der Waals surface area contributed by atoms with Gasteiger partial charge in [-0.1, -0.05) is 20.8 Å². The number of amides is 3. The van der Waals surface area contributed by atoms with Gasteiger partial charge < -0.3 is 0 Å². The van der Waals surface area contributed by atoms with Gasteiger partial charge in [-0.15, -0.1) is 0 Å². The van der Waals surface area contributed by atoms with E-state index in [9.17, 15) is 14.4 Å². The van der Waals surface area contributed by atoms with Crippen molar-refractivity contribution in [3.63, 3.8) is 0 Å². The maximum atomic E-state index is 11.5. The number of nitrogens with zero attached hydrogens (tertiary/aromatic N) is 1. The van der Waals surface area contributed by atoms with E-state index in [0.29, 0.717) is 12.0 Å². The molecule has 14 heavy (non-hydrogen) atoms. The number of carbonyl (C=O) groups excluding carboxylic acids is 3. The Kier molecular flexibility index (Phi) is 2.84. The predicted octanol–water partition coefficient (Wildman–Crippen LogP) is 0.874. The molecule has 1 heterocycles. The molecule has 76 valence electrons. The SMILES string of the molecule is CCC1=CC(=O)N(C(=O)C(C)C)C1=O. The number of hydrogen-bond acceptors (Lipinski definition) is 3. The molecule has 1 rings (SSSR count). The summed E-state index contributed by atoms with van der Waals surface area (Å²) < 4.78 is 0. The van der Waals surface area contributed by atoms with Crippen LogP contribution in [0.5, 0.6) is 0 Å². The predicted molar refractivity (Wildman–Crippen MR) is 50.1 cm³/mol. The summed E-state index contributed by atoms with van der Waals surface area (Å²) in [5, 5.41) is 0. The Morgan fingerprint density at radius 1 is 1.43 bits per heavy atom. The first-order valence-corrected chi connectivity index (χ1v) is 4.61. The molecule has 0 aliphatic carbocycles. The van der Waals surface area contributed by atoms with Crippen molar-refractivity contribution in [3.05, 3.63) is 11.6 Å². The lowest BCUT2D eigenvalue weighted by atomic mass is 10.2. The van der Waals surface area contributed by atoms with Crippen molar-refractivity contribution in [2.75, 3.05) is 0 Å². The lowest BCUT2D eigenvalue weighted by Crippen LogP contribution is -2.39. The van der Waals surface area contributed by atoms with Crippen LogP contribution in [0.15, 0.2) is 11.6 Å². The van der Waals surface area contributed by atoms with Crippen molar-refractivity contribution >= 4 is 17.7 Å². The highest BCUT2D eigenvalue weighted by Crippen LogP contribution is 2.17. The quantitative estimate of drug-likeness (QED) is 0.614. The van der Waals surface area contributed by atoms with E-state index in [2.05, 4.69) is 0 Å². The van der Waals surface area contributed by atoms with E-state index in [0.717, 1.165) is 4.90 Å². The van der Waals surface area contributed by atoms with Crippen molar-refractivity contribution in [2.24, 2.45) is 5.92 Å². The number of imide groups is 3. The van der Waals surface area contributed by atoms with Gasteiger partial charge in [0.05, 0.1) is 0 Å². The maximum Gasteiger partial charge on any atom is 0.263 e. The first-order valence-electron chi connectivity index (χ1n) is 4.61. The zero-order chi connectivity index (χ0) is 10.9. The Bertz CT molecular complexity index is 328. The molecule has 1 aliphatic rings. The van der Waals surface area contributed by atoms with Crippen molar-refractivity contribution in [1.82, 2.24) is 4.90 Å². The highest BCUT2D eigenvalue weighted by Gasteiger charge is 2.35. The van der Waals surface area contributed by atoms with Crippen LogP contribution in [0.3, 0.4) is 0 Å². The highest BCUT2D eigenvalue weighted by molar-refractivity contribution is 6.25. The van der Waals surface area contributed by atoms with Crippen molar-refractivity contribution in [3.8, 4) is 0 Å². The Labute approximate surface area is 82.6 Å².